The topological polar surface area (TPSA) is 99.5 Å². The van der Waals surface area contributed by atoms with Gasteiger partial charge in [0.2, 0.25) is 0 Å². The number of phenols is 1. The highest BCUT2D eigenvalue weighted by atomic mass is 35.5. The minimum Gasteiger partial charge on any atom is -0.507 e. The number of thiazole rings is 1. The van der Waals surface area contributed by atoms with Crippen molar-refractivity contribution in [2.45, 2.75) is 11.4 Å². The number of halogens is 1. The summed E-state index contributed by atoms with van der Waals surface area (Å²) in [6, 6.07) is 7.42. The van der Waals surface area contributed by atoms with Gasteiger partial charge in [-0.15, -0.1) is 11.3 Å². The Hall–Kier alpha value is -1.87. The van der Waals surface area contributed by atoms with Crippen LogP contribution in [0.5, 0.6) is 5.75 Å². The number of hydrogen-bond donors (Lipinski definition) is 3. The smallest absolute Gasteiger partial charge is 0.294 e. The van der Waals surface area contributed by atoms with Crippen LogP contribution >= 0.6 is 22.9 Å². The predicted octanol–water partition coefficient (Wildman–Crippen LogP) is 3.51. The lowest BCUT2D eigenvalue weighted by atomic mass is 10.1. The zero-order valence-electron chi connectivity index (χ0n) is 11.5. The van der Waals surface area contributed by atoms with E-state index in [-0.39, 0.29) is 10.6 Å². The summed E-state index contributed by atoms with van der Waals surface area (Å²) in [4.78, 5) is 4.56. The maximum atomic E-state index is 11.2. The highest BCUT2D eigenvalue weighted by Crippen LogP contribution is 2.31. The number of rotatable bonds is 4. The summed E-state index contributed by atoms with van der Waals surface area (Å²) in [5.41, 5.74) is 0.747. The number of anilines is 1. The SMILES string of the molecule is O=S(=O)(O)c1cc(O)c2cc(NCc3cnc(Cl)s3)ccc2c1. The minimum absolute atomic E-state index is 0.223. The van der Waals surface area contributed by atoms with Gasteiger partial charge in [0.15, 0.2) is 4.47 Å². The first-order valence-corrected chi connectivity index (χ1v) is 9.05. The van der Waals surface area contributed by atoms with E-state index in [9.17, 15) is 13.5 Å². The summed E-state index contributed by atoms with van der Waals surface area (Å²) in [5, 5.41) is 14.2. The third kappa shape index (κ3) is 3.56. The molecule has 0 saturated heterocycles. The second kappa shape index (κ2) is 5.97. The molecule has 0 saturated carbocycles. The molecule has 0 unspecified atom stereocenters. The molecule has 1 heterocycles. The van der Waals surface area contributed by atoms with Gasteiger partial charge < -0.3 is 10.4 Å². The van der Waals surface area contributed by atoms with E-state index in [1.54, 1.807) is 24.4 Å². The molecule has 0 aliphatic carbocycles. The minimum atomic E-state index is -4.36. The maximum absolute atomic E-state index is 11.2. The Morgan fingerprint density at radius 2 is 2.04 bits per heavy atom. The van der Waals surface area contributed by atoms with Crippen LogP contribution in [0.15, 0.2) is 41.4 Å². The first-order valence-electron chi connectivity index (χ1n) is 6.41. The largest absolute Gasteiger partial charge is 0.507 e. The number of aromatic nitrogens is 1. The van der Waals surface area contributed by atoms with Crippen LogP contribution in [0, 0.1) is 0 Å². The van der Waals surface area contributed by atoms with Gasteiger partial charge in [0.1, 0.15) is 5.75 Å². The van der Waals surface area contributed by atoms with Crippen molar-refractivity contribution in [1.82, 2.24) is 4.98 Å². The Labute approximate surface area is 141 Å². The van der Waals surface area contributed by atoms with E-state index in [1.165, 1.54) is 17.4 Å². The molecule has 1 aromatic heterocycles. The molecule has 0 amide bonds. The Bertz CT molecular complexity index is 986. The quantitative estimate of drug-likeness (QED) is 0.608. The van der Waals surface area contributed by atoms with E-state index in [4.69, 9.17) is 16.2 Å². The molecule has 0 aliphatic rings. The molecule has 0 bridgehead atoms. The molecular weight excluding hydrogens is 360 g/mol. The van der Waals surface area contributed by atoms with Gasteiger partial charge in [-0.05, 0) is 23.6 Å². The molecular formula is C14H11ClN2O4S2. The summed E-state index contributed by atoms with van der Waals surface area (Å²) in [7, 11) is -4.36. The fraction of sp³-hybridized carbons (Fsp3) is 0.0714. The number of hydrogen-bond acceptors (Lipinski definition) is 6. The second-order valence-corrected chi connectivity index (χ2v) is 7.91. The summed E-state index contributed by atoms with van der Waals surface area (Å²) in [6.45, 7) is 0.528. The van der Waals surface area contributed by atoms with E-state index >= 15 is 0 Å². The summed E-state index contributed by atoms with van der Waals surface area (Å²) in [5.74, 6) is -0.223. The van der Waals surface area contributed by atoms with E-state index in [0.29, 0.717) is 21.8 Å². The van der Waals surface area contributed by atoms with Gasteiger partial charge in [-0.25, -0.2) is 4.98 Å². The Morgan fingerprint density at radius 3 is 2.70 bits per heavy atom. The fourth-order valence-electron chi connectivity index (χ4n) is 2.12. The van der Waals surface area contributed by atoms with Crippen LogP contribution in [0.1, 0.15) is 4.88 Å². The fourth-order valence-corrected chi connectivity index (χ4v) is 3.58. The Kier molecular flexibility index (Phi) is 4.15. The molecule has 0 spiro atoms. The van der Waals surface area contributed by atoms with E-state index < -0.39 is 10.1 Å². The standard InChI is InChI=1S/C14H11ClN2O4S2/c15-14-17-7-10(22-14)6-16-9-2-1-8-3-11(23(19,20)21)5-13(18)12(8)4-9/h1-5,7,16,18H,6H2,(H,19,20,21). The zero-order chi connectivity index (χ0) is 16.6. The lowest BCUT2D eigenvalue weighted by molar-refractivity contribution is 0.471. The highest BCUT2D eigenvalue weighted by Gasteiger charge is 2.13. The van der Waals surface area contributed by atoms with Gasteiger partial charge in [0.05, 0.1) is 11.4 Å². The summed E-state index contributed by atoms with van der Waals surface area (Å²) in [6.07, 6.45) is 1.68. The van der Waals surface area contributed by atoms with E-state index in [1.807, 2.05) is 0 Å². The molecule has 0 atom stereocenters. The van der Waals surface area contributed by atoms with E-state index in [2.05, 4.69) is 10.3 Å². The molecule has 3 rings (SSSR count). The van der Waals surface area contributed by atoms with Gasteiger partial charge in [-0.3, -0.25) is 4.55 Å². The average Bonchev–Trinajstić information content (AvgIpc) is 2.90. The molecule has 23 heavy (non-hydrogen) atoms. The lowest BCUT2D eigenvalue weighted by Crippen LogP contribution is -1.99. The Morgan fingerprint density at radius 1 is 1.26 bits per heavy atom. The van der Waals surface area contributed by atoms with Crippen molar-refractivity contribution in [3.63, 3.8) is 0 Å². The van der Waals surface area contributed by atoms with Crippen LogP contribution < -0.4 is 5.32 Å². The van der Waals surface area contributed by atoms with Crippen molar-refractivity contribution in [3.8, 4) is 5.75 Å². The third-order valence-corrected chi connectivity index (χ3v) is 5.14. The molecule has 2 aromatic carbocycles. The Balaban J connectivity index is 1.91. The maximum Gasteiger partial charge on any atom is 0.294 e. The number of nitrogens with zero attached hydrogens (tertiary/aromatic N) is 1. The normalized spacial score (nSPS) is 11.7. The number of fused-ring (bicyclic) bond motifs is 1. The van der Waals surface area contributed by atoms with E-state index in [0.717, 1.165) is 16.6 Å². The van der Waals surface area contributed by atoms with Crippen LogP contribution in [0.2, 0.25) is 4.47 Å². The van der Waals surface area contributed by atoms with Crippen molar-refractivity contribution < 1.29 is 18.1 Å². The molecule has 0 radical (unpaired) electrons. The highest BCUT2D eigenvalue weighted by molar-refractivity contribution is 7.85. The number of phenolic OH excluding ortho intramolecular Hbond substituents is 1. The average molecular weight is 371 g/mol. The number of aromatic hydroxyl groups is 1. The van der Waals surface area contributed by atoms with Crippen LogP contribution in [-0.2, 0) is 16.7 Å². The van der Waals surface area contributed by atoms with Crippen molar-refractivity contribution >= 4 is 49.5 Å². The summed E-state index contributed by atoms with van der Waals surface area (Å²) >= 11 is 7.14. The molecule has 3 N–H and O–H groups in total. The lowest BCUT2D eigenvalue weighted by Gasteiger charge is -2.08. The summed E-state index contributed by atoms with van der Waals surface area (Å²) < 4.78 is 31.9. The molecule has 6 nitrogen and oxygen atoms in total. The first-order chi connectivity index (χ1) is 10.8. The second-order valence-electron chi connectivity index (χ2n) is 4.79. The molecule has 3 aromatic rings. The van der Waals surface area contributed by atoms with Gasteiger partial charge in [-0.2, -0.15) is 8.42 Å². The van der Waals surface area contributed by atoms with Crippen LogP contribution in [0.25, 0.3) is 10.8 Å². The number of benzene rings is 2. The van der Waals surface area contributed by atoms with Crippen LogP contribution in [-0.4, -0.2) is 23.1 Å². The van der Waals surface area contributed by atoms with Gasteiger partial charge in [0, 0.05) is 28.2 Å². The third-order valence-electron chi connectivity index (χ3n) is 3.20. The first kappa shape index (κ1) is 16.0. The van der Waals surface area contributed by atoms with Gasteiger partial charge in [0.25, 0.3) is 10.1 Å². The van der Waals surface area contributed by atoms with Crippen LogP contribution in [0.4, 0.5) is 5.69 Å². The van der Waals surface area contributed by atoms with Crippen molar-refractivity contribution in [2.75, 3.05) is 5.32 Å². The molecule has 0 fully saturated rings. The molecule has 120 valence electrons. The number of nitrogens with one attached hydrogen (secondary N) is 1. The zero-order valence-corrected chi connectivity index (χ0v) is 13.9. The molecule has 9 heteroatoms. The van der Waals surface area contributed by atoms with Gasteiger partial charge in [-0.1, -0.05) is 17.7 Å². The van der Waals surface area contributed by atoms with Crippen LogP contribution in [0.3, 0.4) is 0 Å². The van der Waals surface area contributed by atoms with Crippen molar-refractivity contribution in [1.29, 1.82) is 0 Å². The van der Waals surface area contributed by atoms with Crippen molar-refractivity contribution in [2.24, 2.45) is 0 Å². The molecule has 0 aliphatic heterocycles. The van der Waals surface area contributed by atoms with Crippen molar-refractivity contribution in [3.05, 3.63) is 45.9 Å². The predicted molar refractivity (Wildman–Crippen MR) is 89.9 cm³/mol. The monoisotopic (exact) mass is 370 g/mol. The van der Waals surface area contributed by atoms with Gasteiger partial charge >= 0.3 is 0 Å².